The molecule has 0 spiro atoms. The molecular formula is C60H38N2O2. The van der Waals surface area contributed by atoms with Crippen LogP contribution in [-0.2, 0) is 0 Å². The second-order valence-corrected chi connectivity index (χ2v) is 16.4. The van der Waals surface area contributed by atoms with Gasteiger partial charge in [-0.1, -0.05) is 170 Å². The van der Waals surface area contributed by atoms with Gasteiger partial charge in [-0.2, -0.15) is 0 Å². The average molecular weight is 819 g/mol. The minimum Gasteiger partial charge on any atom is -0.455 e. The molecule has 300 valence electrons. The van der Waals surface area contributed by atoms with Crippen molar-refractivity contribution in [3.63, 3.8) is 0 Å². The van der Waals surface area contributed by atoms with Crippen molar-refractivity contribution in [2.24, 2.45) is 0 Å². The Labute approximate surface area is 369 Å². The van der Waals surface area contributed by atoms with Crippen LogP contribution in [0.1, 0.15) is 0 Å². The first-order valence-electron chi connectivity index (χ1n) is 21.7. The van der Waals surface area contributed by atoms with Crippen LogP contribution in [0.15, 0.2) is 239 Å². The van der Waals surface area contributed by atoms with Crippen LogP contribution in [0.5, 0.6) is 0 Å². The smallest absolute Gasteiger partial charge is 0.143 e. The van der Waals surface area contributed by atoms with Crippen molar-refractivity contribution in [2.45, 2.75) is 0 Å². The Balaban J connectivity index is 1.04. The van der Waals surface area contributed by atoms with Gasteiger partial charge in [0.2, 0.25) is 0 Å². The molecule has 0 saturated carbocycles. The highest BCUT2D eigenvalue weighted by Gasteiger charge is 2.22. The van der Waals surface area contributed by atoms with Gasteiger partial charge in [0.1, 0.15) is 22.3 Å². The summed E-state index contributed by atoms with van der Waals surface area (Å²) in [5.74, 6) is 0. The highest BCUT2D eigenvalue weighted by atomic mass is 16.3. The number of nitrogens with zero attached hydrogens (tertiary/aromatic N) is 2. The van der Waals surface area contributed by atoms with E-state index in [0.717, 1.165) is 99.9 Å². The summed E-state index contributed by atoms with van der Waals surface area (Å²) in [6.07, 6.45) is 0. The molecule has 4 heteroatoms. The summed E-state index contributed by atoms with van der Waals surface area (Å²) < 4.78 is 15.6. The lowest BCUT2D eigenvalue weighted by Gasteiger charge is -2.27. The van der Waals surface area contributed by atoms with Crippen LogP contribution >= 0.6 is 0 Å². The lowest BCUT2D eigenvalue weighted by Crippen LogP contribution is -2.11. The molecule has 3 aromatic heterocycles. The van der Waals surface area contributed by atoms with E-state index in [2.05, 4.69) is 222 Å². The molecule has 10 aromatic carbocycles. The van der Waals surface area contributed by atoms with E-state index in [-0.39, 0.29) is 0 Å². The largest absolute Gasteiger partial charge is 0.455 e. The van der Waals surface area contributed by atoms with Gasteiger partial charge < -0.3 is 18.3 Å². The van der Waals surface area contributed by atoms with Gasteiger partial charge in [-0.25, -0.2) is 0 Å². The van der Waals surface area contributed by atoms with E-state index < -0.39 is 0 Å². The van der Waals surface area contributed by atoms with Crippen LogP contribution in [0.2, 0.25) is 0 Å². The molecule has 0 amide bonds. The van der Waals surface area contributed by atoms with Crippen LogP contribution in [-0.4, -0.2) is 4.57 Å². The molecule has 4 nitrogen and oxygen atoms in total. The standard InChI is InChI=1S/C60H38N2O2/c1-2-14-39(15-3-1)40-28-32-42(33-29-40)61(43-34-30-41(31-35-43)45-20-12-22-52-49-18-6-10-26-57(49)63-59(45)52)44-36-37-48(51-21-13-23-53-50-19-7-11-27-58(50)64-60(51)53)56(38-44)62-54-24-8-4-16-46(54)47-17-5-9-25-55(47)62/h1-38H. The fraction of sp³-hybridized carbons (Fsp3) is 0. The molecule has 0 aliphatic rings. The second-order valence-electron chi connectivity index (χ2n) is 16.4. The minimum atomic E-state index is 0.877. The zero-order chi connectivity index (χ0) is 42.1. The van der Waals surface area contributed by atoms with Crippen LogP contribution < -0.4 is 4.90 Å². The maximum Gasteiger partial charge on any atom is 0.143 e. The van der Waals surface area contributed by atoms with Crippen molar-refractivity contribution in [2.75, 3.05) is 4.90 Å². The van der Waals surface area contributed by atoms with Crippen molar-refractivity contribution >= 4 is 82.7 Å². The Kier molecular flexibility index (Phi) is 8.18. The Bertz CT molecular complexity index is 3840. The topological polar surface area (TPSA) is 34.5 Å². The van der Waals surface area contributed by atoms with Crippen molar-refractivity contribution < 1.29 is 8.83 Å². The molecule has 0 bridgehead atoms. The van der Waals surface area contributed by atoms with E-state index in [1.807, 2.05) is 18.2 Å². The van der Waals surface area contributed by atoms with Crippen molar-refractivity contribution in [3.8, 4) is 39.1 Å². The van der Waals surface area contributed by atoms with E-state index in [1.54, 1.807) is 0 Å². The van der Waals surface area contributed by atoms with Crippen molar-refractivity contribution in [1.82, 2.24) is 4.57 Å². The van der Waals surface area contributed by atoms with E-state index in [9.17, 15) is 0 Å². The van der Waals surface area contributed by atoms with Crippen molar-refractivity contribution in [1.29, 1.82) is 0 Å². The first-order valence-corrected chi connectivity index (χ1v) is 21.7. The summed E-state index contributed by atoms with van der Waals surface area (Å²) in [6, 6.07) is 82.2. The van der Waals surface area contributed by atoms with Gasteiger partial charge in [-0.15, -0.1) is 0 Å². The molecule has 0 aliphatic heterocycles. The normalized spacial score (nSPS) is 11.8. The number of anilines is 3. The molecule has 0 N–H and O–H groups in total. The van der Waals surface area contributed by atoms with Gasteiger partial charge in [-0.3, -0.25) is 0 Å². The average Bonchev–Trinajstić information content (AvgIpc) is 4.05. The molecule has 13 rings (SSSR count). The highest BCUT2D eigenvalue weighted by Crippen LogP contribution is 2.45. The molecule has 0 atom stereocenters. The monoisotopic (exact) mass is 818 g/mol. The molecule has 64 heavy (non-hydrogen) atoms. The van der Waals surface area contributed by atoms with E-state index in [0.29, 0.717) is 0 Å². The number of para-hydroxylation sites is 6. The van der Waals surface area contributed by atoms with Gasteiger partial charge in [0.05, 0.1) is 16.7 Å². The number of furan rings is 2. The van der Waals surface area contributed by atoms with E-state index >= 15 is 0 Å². The van der Waals surface area contributed by atoms with Gasteiger partial charge >= 0.3 is 0 Å². The highest BCUT2D eigenvalue weighted by molar-refractivity contribution is 6.13. The number of hydrogen-bond donors (Lipinski definition) is 0. The Morgan fingerprint density at radius 1 is 0.297 bits per heavy atom. The molecule has 13 aromatic rings. The van der Waals surface area contributed by atoms with Crippen LogP contribution in [0, 0.1) is 0 Å². The quantitative estimate of drug-likeness (QED) is 0.161. The van der Waals surface area contributed by atoms with Gasteiger partial charge in [0, 0.05) is 66.1 Å². The molecule has 0 unspecified atom stereocenters. The summed E-state index contributed by atoms with van der Waals surface area (Å²) in [4.78, 5) is 2.36. The summed E-state index contributed by atoms with van der Waals surface area (Å²) in [6.45, 7) is 0. The van der Waals surface area contributed by atoms with Gasteiger partial charge in [-0.05, 0) is 77.4 Å². The zero-order valence-electron chi connectivity index (χ0n) is 34.7. The Hall–Kier alpha value is -8.60. The second kappa shape index (κ2) is 14.5. The first-order chi connectivity index (χ1) is 31.7. The molecule has 0 aliphatic carbocycles. The third kappa shape index (κ3) is 5.70. The zero-order valence-corrected chi connectivity index (χ0v) is 34.7. The molecule has 0 saturated heterocycles. The van der Waals surface area contributed by atoms with E-state index in [1.165, 1.54) is 21.9 Å². The predicted octanol–water partition coefficient (Wildman–Crippen LogP) is 17.1. The fourth-order valence-electron chi connectivity index (χ4n) is 9.86. The lowest BCUT2D eigenvalue weighted by atomic mass is 9.99. The minimum absolute atomic E-state index is 0.877. The van der Waals surface area contributed by atoms with Crippen LogP contribution in [0.25, 0.3) is 105 Å². The predicted molar refractivity (Wildman–Crippen MR) is 266 cm³/mol. The lowest BCUT2D eigenvalue weighted by molar-refractivity contribution is 0.669. The summed E-state index contributed by atoms with van der Waals surface area (Å²) in [7, 11) is 0. The number of benzene rings is 10. The summed E-state index contributed by atoms with van der Waals surface area (Å²) in [5.41, 5.74) is 16.6. The molecular weight excluding hydrogens is 781 g/mol. The van der Waals surface area contributed by atoms with Crippen LogP contribution in [0.4, 0.5) is 17.1 Å². The summed E-state index contributed by atoms with van der Waals surface area (Å²) >= 11 is 0. The first kappa shape index (κ1) is 36.1. The van der Waals surface area contributed by atoms with Gasteiger partial charge in [0.15, 0.2) is 0 Å². The third-order valence-corrected chi connectivity index (χ3v) is 12.8. The SMILES string of the molecule is c1ccc(-c2ccc(N(c3ccc(-c4cccc5c4oc4ccccc45)cc3)c3ccc(-c4cccc5c4oc4ccccc45)c(-n4c5ccccc5c5ccccc54)c3)cc2)cc1. The Morgan fingerprint density at radius 3 is 1.36 bits per heavy atom. The fourth-order valence-corrected chi connectivity index (χ4v) is 9.86. The number of aromatic nitrogens is 1. The third-order valence-electron chi connectivity index (χ3n) is 12.8. The van der Waals surface area contributed by atoms with E-state index in [4.69, 9.17) is 8.83 Å². The number of hydrogen-bond acceptors (Lipinski definition) is 3. The number of fused-ring (bicyclic) bond motifs is 9. The molecule has 0 radical (unpaired) electrons. The summed E-state index contributed by atoms with van der Waals surface area (Å²) in [5, 5.41) is 6.87. The maximum atomic E-state index is 6.71. The van der Waals surface area contributed by atoms with Crippen LogP contribution in [0.3, 0.4) is 0 Å². The number of rotatable bonds is 7. The molecule has 3 heterocycles. The van der Waals surface area contributed by atoms with Crippen molar-refractivity contribution in [3.05, 3.63) is 231 Å². The Morgan fingerprint density at radius 2 is 0.750 bits per heavy atom. The molecule has 0 fully saturated rings. The maximum absolute atomic E-state index is 6.71. The van der Waals surface area contributed by atoms with Gasteiger partial charge in [0.25, 0.3) is 0 Å².